The third kappa shape index (κ3) is 2.45. The second-order valence-electron chi connectivity index (χ2n) is 5.54. The summed E-state index contributed by atoms with van der Waals surface area (Å²) in [4.78, 5) is 6.89. The molecule has 0 aliphatic carbocycles. The number of H-pyrrole nitrogens is 1. The van der Waals surface area contributed by atoms with Gasteiger partial charge in [-0.2, -0.15) is 5.10 Å². The summed E-state index contributed by atoms with van der Waals surface area (Å²) in [5.41, 5.74) is 9.17. The van der Waals surface area contributed by atoms with Crippen molar-refractivity contribution < 1.29 is 4.74 Å². The number of fused-ring (bicyclic) bond motifs is 2. The summed E-state index contributed by atoms with van der Waals surface area (Å²) in [6.07, 6.45) is 0. The van der Waals surface area contributed by atoms with Crippen LogP contribution in [0.2, 0.25) is 0 Å². The largest absolute Gasteiger partial charge is 0.497 e. The number of anilines is 1. The van der Waals surface area contributed by atoms with Crippen LogP contribution >= 0.6 is 11.8 Å². The molecule has 6 heteroatoms. The first-order valence-corrected chi connectivity index (χ1v) is 8.33. The normalized spacial score (nSPS) is 11.2. The number of nitrogens with one attached hydrogen (secondary N) is 1. The molecule has 2 aromatic heterocycles. The molecule has 120 valence electrons. The number of nitrogen functional groups attached to an aromatic ring is 1. The molecule has 0 unspecified atom stereocenters. The third-order valence-electron chi connectivity index (χ3n) is 3.93. The highest BCUT2D eigenvalue weighted by Crippen LogP contribution is 2.40. The van der Waals surface area contributed by atoms with E-state index in [4.69, 9.17) is 10.5 Å². The van der Waals surface area contributed by atoms with Gasteiger partial charge in [0.2, 0.25) is 0 Å². The second kappa shape index (κ2) is 5.72. The molecule has 3 N–H and O–H groups in total. The summed E-state index contributed by atoms with van der Waals surface area (Å²) in [6, 6.07) is 13.8. The monoisotopic (exact) mass is 336 g/mol. The number of hydrogen-bond donors (Lipinski definition) is 2. The van der Waals surface area contributed by atoms with E-state index in [0.29, 0.717) is 0 Å². The summed E-state index contributed by atoms with van der Waals surface area (Å²) < 4.78 is 5.39. The number of nitrogens with two attached hydrogens (primary N) is 1. The van der Waals surface area contributed by atoms with Crippen LogP contribution < -0.4 is 10.5 Å². The molecule has 0 saturated heterocycles. The molecule has 4 rings (SSSR count). The third-order valence-corrected chi connectivity index (χ3v) is 5.07. The highest BCUT2D eigenvalue weighted by atomic mass is 32.2. The maximum absolute atomic E-state index is 5.80. The van der Waals surface area contributed by atoms with E-state index in [-0.39, 0.29) is 0 Å². The van der Waals surface area contributed by atoms with E-state index in [9.17, 15) is 0 Å². The first kappa shape index (κ1) is 14.8. The molecular formula is C18H16N4OS. The van der Waals surface area contributed by atoms with Crippen molar-refractivity contribution in [3.05, 3.63) is 48.2 Å². The number of aryl methyl sites for hydroxylation is 1. The Labute approximate surface area is 143 Å². The maximum atomic E-state index is 5.80. The van der Waals surface area contributed by atoms with E-state index >= 15 is 0 Å². The van der Waals surface area contributed by atoms with Gasteiger partial charge in [-0.15, -0.1) is 0 Å². The van der Waals surface area contributed by atoms with Gasteiger partial charge in [0.15, 0.2) is 5.65 Å². The molecular weight excluding hydrogens is 320 g/mol. The van der Waals surface area contributed by atoms with Crippen molar-refractivity contribution in [2.45, 2.75) is 16.7 Å². The van der Waals surface area contributed by atoms with Gasteiger partial charge in [0.05, 0.1) is 18.0 Å². The second-order valence-corrected chi connectivity index (χ2v) is 6.63. The Balaban J connectivity index is 1.99. The van der Waals surface area contributed by atoms with Crippen LogP contribution in [0.15, 0.2) is 52.3 Å². The SMILES string of the molecule is COc1ccc2nc3n[nH]c(C)c3c(Sc3ccc(N)cc3)c2c1. The Morgan fingerprint density at radius 3 is 2.67 bits per heavy atom. The number of benzene rings is 2. The highest BCUT2D eigenvalue weighted by molar-refractivity contribution is 7.99. The van der Waals surface area contributed by atoms with Gasteiger partial charge in [-0.1, -0.05) is 11.8 Å². The van der Waals surface area contributed by atoms with Crippen molar-refractivity contribution in [1.82, 2.24) is 15.2 Å². The number of aromatic nitrogens is 3. The molecule has 0 aliphatic heterocycles. The van der Waals surface area contributed by atoms with E-state index < -0.39 is 0 Å². The standard InChI is InChI=1S/C18H16N4OS/c1-10-16-17(24-13-6-3-11(19)4-7-13)14-9-12(23-2)5-8-15(14)20-18(16)22-21-10/h3-9H,19H2,1-2H3,(H,20,21,22). The molecule has 0 saturated carbocycles. The van der Waals surface area contributed by atoms with Crippen LogP contribution in [0.1, 0.15) is 5.69 Å². The molecule has 4 aromatic rings. The van der Waals surface area contributed by atoms with Crippen LogP contribution in [0.4, 0.5) is 5.69 Å². The van der Waals surface area contributed by atoms with Crippen molar-refractivity contribution >= 4 is 39.4 Å². The summed E-state index contributed by atoms with van der Waals surface area (Å²) in [6.45, 7) is 2.01. The first-order chi connectivity index (χ1) is 11.7. The van der Waals surface area contributed by atoms with Gasteiger partial charge in [-0.05, 0) is 49.4 Å². The molecule has 0 atom stereocenters. The minimum atomic E-state index is 0.725. The van der Waals surface area contributed by atoms with E-state index in [1.807, 2.05) is 49.4 Å². The minimum absolute atomic E-state index is 0.725. The Morgan fingerprint density at radius 1 is 1.12 bits per heavy atom. The number of methoxy groups -OCH3 is 1. The van der Waals surface area contributed by atoms with E-state index in [2.05, 4.69) is 15.2 Å². The van der Waals surface area contributed by atoms with Crippen LogP contribution in [-0.2, 0) is 0 Å². The molecule has 2 heterocycles. The molecule has 0 amide bonds. The van der Waals surface area contributed by atoms with Crippen molar-refractivity contribution in [3.63, 3.8) is 0 Å². The molecule has 24 heavy (non-hydrogen) atoms. The van der Waals surface area contributed by atoms with E-state index in [1.54, 1.807) is 18.9 Å². The van der Waals surface area contributed by atoms with Gasteiger partial charge >= 0.3 is 0 Å². The predicted molar refractivity (Wildman–Crippen MR) is 97.7 cm³/mol. The average Bonchev–Trinajstić information content (AvgIpc) is 2.97. The lowest BCUT2D eigenvalue weighted by Gasteiger charge is -2.10. The Kier molecular flexibility index (Phi) is 3.54. The smallest absolute Gasteiger partial charge is 0.182 e. The molecule has 0 fully saturated rings. The zero-order chi connectivity index (χ0) is 16.7. The van der Waals surface area contributed by atoms with Crippen molar-refractivity contribution in [2.75, 3.05) is 12.8 Å². The zero-order valence-corrected chi connectivity index (χ0v) is 14.1. The van der Waals surface area contributed by atoms with Gasteiger partial charge < -0.3 is 10.5 Å². The lowest BCUT2D eigenvalue weighted by atomic mass is 10.1. The molecule has 0 aliphatic rings. The van der Waals surface area contributed by atoms with Crippen LogP contribution in [-0.4, -0.2) is 22.3 Å². The number of aromatic amines is 1. The topological polar surface area (TPSA) is 76.8 Å². The fourth-order valence-electron chi connectivity index (χ4n) is 2.70. The van der Waals surface area contributed by atoms with Gasteiger partial charge in [0.25, 0.3) is 0 Å². The number of hydrogen-bond acceptors (Lipinski definition) is 5. The van der Waals surface area contributed by atoms with Crippen LogP contribution in [0.3, 0.4) is 0 Å². The van der Waals surface area contributed by atoms with Gasteiger partial charge in [0.1, 0.15) is 5.75 Å². The van der Waals surface area contributed by atoms with Gasteiger partial charge in [-0.25, -0.2) is 4.98 Å². The number of pyridine rings is 1. The Hall–Kier alpha value is -2.73. The average molecular weight is 336 g/mol. The van der Waals surface area contributed by atoms with Crippen LogP contribution in [0.5, 0.6) is 5.75 Å². The zero-order valence-electron chi connectivity index (χ0n) is 13.3. The molecule has 0 spiro atoms. The summed E-state index contributed by atoms with van der Waals surface area (Å²) >= 11 is 1.68. The number of ether oxygens (including phenoxy) is 1. The molecule has 0 bridgehead atoms. The fourth-order valence-corrected chi connectivity index (χ4v) is 3.83. The number of rotatable bonds is 3. The Morgan fingerprint density at radius 2 is 1.92 bits per heavy atom. The summed E-state index contributed by atoms with van der Waals surface area (Å²) in [5.74, 6) is 0.809. The predicted octanol–water partition coefficient (Wildman–Crippen LogP) is 4.16. The van der Waals surface area contributed by atoms with E-state index in [0.717, 1.165) is 48.9 Å². The van der Waals surface area contributed by atoms with E-state index in [1.165, 1.54) is 0 Å². The van der Waals surface area contributed by atoms with Crippen LogP contribution in [0, 0.1) is 6.92 Å². The first-order valence-electron chi connectivity index (χ1n) is 7.51. The van der Waals surface area contributed by atoms with Crippen molar-refractivity contribution in [3.8, 4) is 5.75 Å². The summed E-state index contributed by atoms with van der Waals surface area (Å²) in [5, 5.41) is 9.45. The van der Waals surface area contributed by atoms with Crippen molar-refractivity contribution in [1.29, 1.82) is 0 Å². The van der Waals surface area contributed by atoms with Crippen LogP contribution in [0.25, 0.3) is 21.9 Å². The lowest BCUT2D eigenvalue weighted by molar-refractivity contribution is 0.415. The van der Waals surface area contributed by atoms with Crippen molar-refractivity contribution in [2.24, 2.45) is 0 Å². The molecule has 2 aromatic carbocycles. The maximum Gasteiger partial charge on any atom is 0.182 e. The number of nitrogens with zero attached hydrogens (tertiary/aromatic N) is 2. The highest BCUT2D eigenvalue weighted by Gasteiger charge is 2.15. The fraction of sp³-hybridized carbons (Fsp3) is 0.111. The lowest BCUT2D eigenvalue weighted by Crippen LogP contribution is -1.89. The van der Waals surface area contributed by atoms with Gasteiger partial charge in [0, 0.05) is 26.6 Å². The minimum Gasteiger partial charge on any atom is -0.497 e. The molecule has 0 radical (unpaired) electrons. The summed E-state index contributed by atoms with van der Waals surface area (Å²) in [7, 11) is 1.67. The van der Waals surface area contributed by atoms with Gasteiger partial charge in [-0.3, -0.25) is 5.10 Å². The Bertz CT molecular complexity index is 1040. The quantitative estimate of drug-likeness (QED) is 0.549. The molecule has 5 nitrogen and oxygen atoms in total.